The maximum Gasteiger partial charge on any atom is 0.229 e. The molecule has 1 aliphatic heterocycles. The van der Waals surface area contributed by atoms with Crippen molar-refractivity contribution < 1.29 is 14.0 Å². The van der Waals surface area contributed by atoms with Gasteiger partial charge in [0, 0.05) is 26.2 Å². The van der Waals surface area contributed by atoms with Crippen LogP contribution in [0.15, 0.2) is 30.6 Å². The number of fused-ring (bicyclic) bond motifs is 1. The molecule has 1 atom stereocenters. The largest absolute Gasteiger partial charge is 0.323 e. The minimum Gasteiger partial charge on any atom is -0.323 e. The number of amides is 2. The smallest absolute Gasteiger partial charge is 0.229 e. The zero-order valence-corrected chi connectivity index (χ0v) is 13.4. The average molecular weight is 342 g/mol. The fourth-order valence-corrected chi connectivity index (χ4v) is 3.03. The maximum absolute atomic E-state index is 14.1. The number of nitrogens with one attached hydrogen (secondary N) is 2. The second-order valence-corrected chi connectivity index (χ2v) is 6.01. The van der Waals surface area contributed by atoms with Gasteiger partial charge in [0.2, 0.25) is 11.8 Å². The third kappa shape index (κ3) is 2.63. The predicted molar refractivity (Wildman–Crippen MR) is 88.3 cm³/mol. The second kappa shape index (κ2) is 5.69. The van der Waals surface area contributed by atoms with Crippen LogP contribution >= 0.6 is 0 Å². The SMILES string of the molecule is Cn1cc(NC(=O)[C@@H]2CC(=O)N(c3n[nH]c4cccc(F)c34)C2)cn1. The molecule has 2 aromatic heterocycles. The van der Waals surface area contributed by atoms with Gasteiger partial charge in [-0.15, -0.1) is 0 Å². The lowest BCUT2D eigenvalue weighted by atomic mass is 10.1. The highest BCUT2D eigenvalue weighted by Gasteiger charge is 2.37. The summed E-state index contributed by atoms with van der Waals surface area (Å²) in [5.41, 5.74) is 1.07. The number of carbonyl (C=O) groups is 2. The number of H-pyrrole nitrogens is 1. The van der Waals surface area contributed by atoms with Crippen molar-refractivity contribution in [3.05, 3.63) is 36.4 Å². The highest BCUT2D eigenvalue weighted by atomic mass is 19.1. The van der Waals surface area contributed by atoms with Gasteiger partial charge in [-0.2, -0.15) is 10.2 Å². The Bertz CT molecular complexity index is 978. The van der Waals surface area contributed by atoms with E-state index in [4.69, 9.17) is 0 Å². The molecule has 3 heterocycles. The van der Waals surface area contributed by atoms with Crippen LogP contribution < -0.4 is 10.2 Å². The van der Waals surface area contributed by atoms with Gasteiger partial charge in [-0.25, -0.2) is 4.39 Å². The molecule has 1 saturated heterocycles. The molecule has 1 aromatic carbocycles. The molecule has 0 unspecified atom stereocenters. The summed E-state index contributed by atoms with van der Waals surface area (Å²) in [5, 5.41) is 13.8. The van der Waals surface area contributed by atoms with Crippen LogP contribution in [0.2, 0.25) is 0 Å². The second-order valence-electron chi connectivity index (χ2n) is 6.01. The zero-order valence-electron chi connectivity index (χ0n) is 13.4. The first-order valence-electron chi connectivity index (χ1n) is 7.75. The molecule has 2 N–H and O–H groups in total. The lowest BCUT2D eigenvalue weighted by Gasteiger charge is -2.14. The third-order valence-corrected chi connectivity index (χ3v) is 4.24. The van der Waals surface area contributed by atoms with Crippen molar-refractivity contribution in [3.63, 3.8) is 0 Å². The van der Waals surface area contributed by atoms with Gasteiger partial charge < -0.3 is 5.32 Å². The van der Waals surface area contributed by atoms with Gasteiger partial charge in [-0.1, -0.05) is 6.07 Å². The van der Waals surface area contributed by atoms with Crippen LogP contribution in [0.3, 0.4) is 0 Å². The number of rotatable bonds is 3. The van der Waals surface area contributed by atoms with Crippen molar-refractivity contribution >= 4 is 34.2 Å². The number of halogens is 1. The van der Waals surface area contributed by atoms with E-state index in [2.05, 4.69) is 20.6 Å². The number of hydrogen-bond donors (Lipinski definition) is 2. The Kier molecular flexibility index (Phi) is 3.48. The molecule has 0 radical (unpaired) electrons. The van der Waals surface area contributed by atoms with E-state index < -0.39 is 11.7 Å². The fraction of sp³-hybridized carbons (Fsp3) is 0.250. The quantitative estimate of drug-likeness (QED) is 0.752. The van der Waals surface area contributed by atoms with Crippen molar-refractivity contribution in [2.24, 2.45) is 13.0 Å². The number of carbonyl (C=O) groups excluding carboxylic acids is 2. The van der Waals surface area contributed by atoms with Crippen LogP contribution in [0.25, 0.3) is 10.9 Å². The van der Waals surface area contributed by atoms with Gasteiger partial charge in [0.1, 0.15) is 5.82 Å². The number of hydrogen-bond acceptors (Lipinski definition) is 4. The van der Waals surface area contributed by atoms with Crippen molar-refractivity contribution in [3.8, 4) is 0 Å². The molecule has 8 nitrogen and oxygen atoms in total. The van der Waals surface area contributed by atoms with E-state index in [-0.39, 0.29) is 36.0 Å². The Hall–Kier alpha value is -3.23. The van der Waals surface area contributed by atoms with Gasteiger partial charge in [-0.05, 0) is 12.1 Å². The van der Waals surface area contributed by atoms with Crippen molar-refractivity contribution in [2.45, 2.75) is 6.42 Å². The molecule has 0 saturated carbocycles. The minimum atomic E-state index is -0.536. The van der Waals surface area contributed by atoms with E-state index in [1.807, 2.05) is 0 Å². The summed E-state index contributed by atoms with van der Waals surface area (Å²) in [4.78, 5) is 26.1. The first kappa shape index (κ1) is 15.3. The average Bonchev–Trinajstić information content (AvgIpc) is 3.26. The van der Waals surface area contributed by atoms with Crippen LogP contribution in [0.4, 0.5) is 15.9 Å². The molecule has 1 aliphatic rings. The van der Waals surface area contributed by atoms with E-state index >= 15 is 0 Å². The van der Waals surface area contributed by atoms with E-state index in [1.165, 1.54) is 17.2 Å². The molecule has 1 fully saturated rings. The number of anilines is 2. The molecule has 3 aromatic rings. The summed E-state index contributed by atoms with van der Waals surface area (Å²) in [5.74, 6) is -1.31. The Morgan fingerprint density at radius 2 is 2.28 bits per heavy atom. The van der Waals surface area contributed by atoms with Gasteiger partial charge in [-0.3, -0.25) is 24.3 Å². The molecule has 0 aliphatic carbocycles. The fourth-order valence-electron chi connectivity index (χ4n) is 3.03. The monoisotopic (exact) mass is 342 g/mol. The van der Waals surface area contributed by atoms with Crippen molar-refractivity contribution in [1.82, 2.24) is 20.0 Å². The molecule has 2 amide bonds. The van der Waals surface area contributed by atoms with Crippen LogP contribution in [0, 0.1) is 11.7 Å². The molecule has 4 rings (SSSR count). The topological polar surface area (TPSA) is 95.9 Å². The van der Waals surface area contributed by atoms with Gasteiger partial charge in [0.15, 0.2) is 5.82 Å². The molecule has 9 heteroatoms. The molecular formula is C16H15FN6O2. The van der Waals surface area contributed by atoms with Crippen molar-refractivity contribution in [1.29, 1.82) is 0 Å². The van der Waals surface area contributed by atoms with Crippen LogP contribution in [-0.2, 0) is 16.6 Å². The Morgan fingerprint density at radius 1 is 1.44 bits per heavy atom. The van der Waals surface area contributed by atoms with E-state index in [9.17, 15) is 14.0 Å². The molecule has 0 spiro atoms. The molecule has 25 heavy (non-hydrogen) atoms. The first-order valence-corrected chi connectivity index (χ1v) is 7.75. The summed E-state index contributed by atoms with van der Waals surface area (Å²) in [6, 6.07) is 4.56. The number of aromatic amines is 1. The lowest BCUT2D eigenvalue weighted by Crippen LogP contribution is -2.28. The van der Waals surface area contributed by atoms with Crippen LogP contribution in [0.5, 0.6) is 0 Å². The van der Waals surface area contributed by atoms with Crippen LogP contribution in [0.1, 0.15) is 6.42 Å². The summed E-state index contributed by atoms with van der Waals surface area (Å²) in [6.45, 7) is 0.152. The lowest BCUT2D eigenvalue weighted by molar-refractivity contribution is -0.122. The maximum atomic E-state index is 14.1. The van der Waals surface area contributed by atoms with E-state index in [1.54, 1.807) is 30.1 Å². The van der Waals surface area contributed by atoms with Crippen molar-refractivity contribution in [2.75, 3.05) is 16.8 Å². The number of aromatic nitrogens is 4. The summed E-state index contributed by atoms with van der Waals surface area (Å²) < 4.78 is 15.7. The highest BCUT2D eigenvalue weighted by Crippen LogP contribution is 2.31. The van der Waals surface area contributed by atoms with Gasteiger partial charge in [0.05, 0.1) is 28.7 Å². The third-order valence-electron chi connectivity index (χ3n) is 4.24. The van der Waals surface area contributed by atoms with Gasteiger partial charge >= 0.3 is 0 Å². The van der Waals surface area contributed by atoms with Crippen LogP contribution in [-0.4, -0.2) is 38.3 Å². The number of nitrogens with zero attached hydrogens (tertiary/aromatic N) is 4. The number of benzene rings is 1. The minimum absolute atomic E-state index is 0.0505. The Morgan fingerprint density at radius 3 is 3.04 bits per heavy atom. The predicted octanol–water partition coefficient (Wildman–Crippen LogP) is 1.43. The summed E-state index contributed by atoms with van der Waals surface area (Å²) >= 11 is 0. The first-order chi connectivity index (χ1) is 12.0. The normalized spacial score (nSPS) is 17.4. The standard InChI is InChI=1S/C16H15FN6O2/c1-22-8-10(6-18-22)19-16(25)9-5-13(24)23(7-9)15-14-11(17)3-2-4-12(14)20-21-15/h2-4,6,8-9H,5,7H2,1H3,(H,19,25)(H,20,21)/t9-/m1/s1. The highest BCUT2D eigenvalue weighted by molar-refractivity contribution is 6.07. The summed E-state index contributed by atoms with van der Waals surface area (Å²) in [7, 11) is 1.74. The molecule has 128 valence electrons. The van der Waals surface area contributed by atoms with Gasteiger partial charge in [0.25, 0.3) is 0 Å². The molecular weight excluding hydrogens is 327 g/mol. The molecule has 0 bridgehead atoms. The summed E-state index contributed by atoms with van der Waals surface area (Å²) in [6.07, 6.45) is 3.25. The Balaban J connectivity index is 1.56. The zero-order chi connectivity index (χ0) is 17.6. The van der Waals surface area contributed by atoms with E-state index in [0.717, 1.165) is 0 Å². The van der Waals surface area contributed by atoms with E-state index in [0.29, 0.717) is 11.2 Å². The Labute approximate surface area is 141 Å². The number of aryl methyl sites for hydroxylation is 1.